The quantitative estimate of drug-likeness (QED) is 0.308. The van der Waals surface area contributed by atoms with Gasteiger partial charge < -0.3 is 26.7 Å². The van der Waals surface area contributed by atoms with Gasteiger partial charge in [0.25, 0.3) is 0 Å². The molecule has 0 bridgehead atoms. The summed E-state index contributed by atoms with van der Waals surface area (Å²) in [7, 11) is 0. The van der Waals surface area contributed by atoms with Crippen molar-refractivity contribution in [3.8, 4) is 0 Å². The number of imidazole rings is 1. The molecule has 0 spiro atoms. The van der Waals surface area contributed by atoms with Gasteiger partial charge >= 0.3 is 0 Å². The molecule has 0 aliphatic rings. The Morgan fingerprint density at radius 3 is 2.06 bits per heavy atom. The van der Waals surface area contributed by atoms with Crippen LogP contribution in [0.1, 0.15) is 38.4 Å². The Labute approximate surface area is 193 Å². The van der Waals surface area contributed by atoms with Gasteiger partial charge in [-0.25, -0.2) is 4.98 Å². The number of nitrogens with zero attached hydrogens (tertiary/aromatic N) is 1. The molecule has 10 heteroatoms. The molecule has 1 heterocycles. The third-order valence-corrected chi connectivity index (χ3v) is 4.96. The topological polar surface area (TPSA) is 159 Å². The molecule has 0 saturated carbocycles. The molecule has 10 nitrogen and oxygen atoms in total. The van der Waals surface area contributed by atoms with Crippen LogP contribution in [0.5, 0.6) is 0 Å². The minimum absolute atomic E-state index is 0.114. The van der Waals surface area contributed by atoms with Crippen LogP contribution < -0.4 is 21.7 Å². The molecule has 0 radical (unpaired) electrons. The SMILES string of the molecule is CC(=O)NC(Cc1ccccc1)C(=O)NC(Cc1cnc[nH]1)C(=O)NC(CC(C)C)C(N)=O. The monoisotopic (exact) mass is 456 g/mol. The van der Waals surface area contributed by atoms with Crippen LogP contribution >= 0.6 is 0 Å². The Morgan fingerprint density at radius 1 is 0.939 bits per heavy atom. The van der Waals surface area contributed by atoms with E-state index in [1.165, 1.54) is 13.3 Å². The summed E-state index contributed by atoms with van der Waals surface area (Å²) < 4.78 is 0. The molecule has 0 saturated heterocycles. The lowest BCUT2D eigenvalue weighted by atomic mass is 10.0. The highest BCUT2D eigenvalue weighted by Crippen LogP contribution is 2.08. The van der Waals surface area contributed by atoms with E-state index in [0.29, 0.717) is 12.1 Å². The van der Waals surface area contributed by atoms with Crippen molar-refractivity contribution in [3.63, 3.8) is 0 Å². The zero-order valence-corrected chi connectivity index (χ0v) is 19.1. The van der Waals surface area contributed by atoms with Crippen molar-refractivity contribution in [3.05, 3.63) is 54.1 Å². The molecular formula is C23H32N6O4. The van der Waals surface area contributed by atoms with Crippen LogP contribution in [0.25, 0.3) is 0 Å². The lowest BCUT2D eigenvalue weighted by molar-refractivity contribution is -0.133. The number of primary amides is 1. The smallest absolute Gasteiger partial charge is 0.243 e. The highest BCUT2D eigenvalue weighted by Gasteiger charge is 2.29. The lowest BCUT2D eigenvalue weighted by Crippen LogP contribution is -2.57. The summed E-state index contributed by atoms with van der Waals surface area (Å²) in [5.74, 6) is -1.97. The predicted molar refractivity (Wildman–Crippen MR) is 123 cm³/mol. The molecule has 178 valence electrons. The number of hydrogen-bond acceptors (Lipinski definition) is 5. The van der Waals surface area contributed by atoms with Gasteiger partial charge in [0.05, 0.1) is 6.33 Å². The number of carbonyl (C=O) groups is 4. The van der Waals surface area contributed by atoms with E-state index in [4.69, 9.17) is 5.73 Å². The summed E-state index contributed by atoms with van der Waals surface area (Å²) >= 11 is 0. The van der Waals surface area contributed by atoms with Gasteiger partial charge in [0.1, 0.15) is 18.1 Å². The maximum Gasteiger partial charge on any atom is 0.243 e. The van der Waals surface area contributed by atoms with Crippen molar-refractivity contribution >= 4 is 23.6 Å². The lowest BCUT2D eigenvalue weighted by Gasteiger charge is -2.25. The zero-order valence-electron chi connectivity index (χ0n) is 19.1. The normalized spacial score (nSPS) is 13.6. The van der Waals surface area contributed by atoms with E-state index in [1.807, 2.05) is 44.2 Å². The van der Waals surface area contributed by atoms with Gasteiger partial charge in [-0.3, -0.25) is 19.2 Å². The first-order valence-electron chi connectivity index (χ1n) is 10.8. The zero-order chi connectivity index (χ0) is 24.4. The van der Waals surface area contributed by atoms with Crippen molar-refractivity contribution in [2.75, 3.05) is 0 Å². The summed E-state index contributed by atoms with van der Waals surface area (Å²) in [5.41, 5.74) is 6.93. The average molecular weight is 457 g/mol. The number of nitrogens with one attached hydrogen (secondary N) is 4. The molecule has 2 rings (SSSR count). The number of aromatic nitrogens is 2. The second kappa shape index (κ2) is 12.4. The minimum Gasteiger partial charge on any atom is -0.368 e. The van der Waals surface area contributed by atoms with E-state index in [1.54, 1.807) is 6.20 Å². The van der Waals surface area contributed by atoms with Gasteiger partial charge in [-0.15, -0.1) is 0 Å². The molecule has 3 atom stereocenters. The number of benzene rings is 1. The van der Waals surface area contributed by atoms with Crippen molar-refractivity contribution in [2.45, 2.75) is 58.2 Å². The van der Waals surface area contributed by atoms with Gasteiger partial charge in [-0.2, -0.15) is 0 Å². The van der Waals surface area contributed by atoms with Crippen molar-refractivity contribution < 1.29 is 19.2 Å². The van der Waals surface area contributed by atoms with Crippen LogP contribution in [0.4, 0.5) is 0 Å². The number of carbonyl (C=O) groups excluding carboxylic acids is 4. The van der Waals surface area contributed by atoms with Gasteiger partial charge in [-0.1, -0.05) is 44.2 Å². The molecule has 0 aliphatic heterocycles. The van der Waals surface area contributed by atoms with E-state index >= 15 is 0 Å². The molecule has 0 aliphatic carbocycles. The van der Waals surface area contributed by atoms with E-state index in [2.05, 4.69) is 25.9 Å². The number of H-pyrrole nitrogens is 1. The van der Waals surface area contributed by atoms with Crippen LogP contribution in [-0.2, 0) is 32.0 Å². The van der Waals surface area contributed by atoms with E-state index in [-0.39, 0.29) is 24.7 Å². The molecule has 1 aromatic heterocycles. The molecule has 6 N–H and O–H groups in total. The molecule has 0 fully saturated rings. The predicted octanol–water partition coefficient (Wildman–Crippen LogP) is 0.201. The number of aromatic amines is 1. The first-order valence-corrected chi connectivity index (χ1v) is 10.8. The summed E-state index contributed by atoms with van der Waals surface area (Å²) in [6, 6.07) is 6.46. The minimum atomic E-state index is -1.01. The fraction of sp³-hybridized carbons (Fsp3) is 0.435. The third-order valence-electron chi connectivity index (χ3n) is 4.96. The first-order chi connectivity index (χ1) is 15.7. The second-order valence-electron chi connectivity index (χ2n) is 8.38. The summed E-state index contributed by atoms with van der Waals surface area (Å²) in [6.07, 6.45) is 3.74. The number of rotatable bonds is 12. The van der Waals surface area contributed by atoms with Gasteiger partial charge in [0.2, 0.25) is 23.6 Å². The molecule has 3 unspecified atom stereocenters. The number of nitrogens with two attached hydrogens (primary N) is 1. The van der Waals surface area contributed by atoms with Crippen LogP contribution in [0, 0.1) is 5.92 Å². The van der Waals surface area contributed by atoms with E-state index in [0.717, 1.165) is 5.56 Å². The average Bonchev–Trinajstić information content (AvgIpc) is 3.25. The summed E-state index contributed by atoms with van der Waals surface area (Å²) in [5, 5.41) is 8.00. The molecule has 2 aromatic rings. The number of hydrogen-bond donors (Lipinski definition) is 5. The Kier molecular flexibility index (Phi) is 9.59. The fourth-order valence-electron chi connectivity index (χ4n) is 3.39. The third kappa shape index (κ3) is 8.76. The van der Waals surface area contributed by atoms with Crippen LogP contribution in [0.15, 0.2) is 42.9 Å². The molecule has 4 amide bonds. The van der Waals surface area contributed by atoms with Crippen LogP contribution in [0.2, 0.25) is 0 Å². The largest absolute Gasteiger partial charge is 0.368 e. The van der Waals surface area contributed by atoms with Gasteiger partial charge in [0, 0.05) is 31.7 Å². The highest BCUT2D eigenvalue weighted by molar-refractivity contribution is 5.94. The molecule has 1 aromatic carbocycles. The van der Waals surface area contributed by atoms with Crippen molar-refractivity contribution in [1.29, 1.82) is 0 Å². The fourth-order valence-corrected chi connectivity index (χ4v) is 3.39. The van der Waals surface area contributed by atoms with Crippen molar-refractivity contribution in [1.82, 2.24) is 25.9 Å². The number of amides is 4. The Balaban J connectivity index is 2.20. The highest BCUT2D eigenvalue weighted by atomic mass is 16.2. The Hall–Kier alpha value is -3.69. The molecular weight excluding hydrogens is 424 g/mol. The first kappa shape index (κ1) is 25.6. The van der Waals surface area contributed by atoms with Gasteiger partial charge in [-0.05, 0) is 17.9 Å². The van der Waals surface area contributed by atoms with Gasteiger partial charge in [0.15, 0.2) is 0 Å². The Bertz CT molecular complexity index is 930. The van der Waals surface area contributed by atoms with Crippen LogP contribution in [-0.4, -0.2) is 51.7 Å². The van der Waals surface area contributed by atoms with E-state index < -0.39 is 35.8 Å². The second-order valence-corrected chi connectivity index (χ2v) is 8.38. The standard InChI is InChI=1S/C23H32N6O4/c1-14(2)9-18(21(24)31)28-23(33)20(11-17-12-25-13-26-17)29-22(32)19(27-15(3)30)10-16-7-5-4-6-8-16/h4-8,12-14,18-20H,9-11H2,1-3H3,(H2,24,31)(H,25,26)(H,27,30)(H,28,33)(H,29,32). The van der Waals surface area contributed by atoms with Crippen molar-refractivity contribution in [2.24, 2.45) is 11.7 Å². The van der Waals surface area contributed by atoms with Crippen LogP contribution in [0.3, 0.4) is 0 Å². The molecule has 33 heavy (non-hydrogen) atoms. The summed E-state index contributed by atoms with van der Waals surface area (Å²) in [6.45, 7) is 5.14. The Morgan fingerprint density at radius 2 is 1.55 bits per heavy atom. The summed E-state index contributed by atoms with van der Waals surface area (Å²) in [4.78, 5) is 56.5. The van der Waals surface area contributed by atoms with E-state index in [9.17, 15) is 19.2 Å². The maximum atomic E-state index is 13.1. The maximum absolute atomic E-state index is 13.1.